The zero-order valence-corrected chi connectivity index (χ0v) is 11.6. The molecule has 19 heavy (non-hydrogen) atoms. The predicted molar refractivity (Wildman–Crippen MR) is 79.1 cm³/mol. The number of hydrogen-bond acceptors (Lipinski definition) is 3. The summed E-state index contributed by atoms with van der Waals surface area (Å²) in [7, 11) is 0. The van der Waals surface area contributed by atoms with Crippen LogP contribution in [-0.2, 0) is 11.3 Å². The monoisotopic (exact) mass is 275 g/mol. The third kappa shape index (κ3) is 2.48. The molecule has 3 N–H and O–H groups in total. The van der Waals surface area contributed by atoms with E-state index in [1.165, 1.54) is 10.9 Å². The third-order valence-corrected chi connectivity index (χ3v) is 4.44. The van der Waals surface area contributed by atoms with Gasteiger partial charge in [0.25, 0.3) is 0 Å². The van der Waals surface area contributed by atoms with E-state index in [1.807, 2.05) is 19.1 Å². The van der Waals surface area contributed by atoms with E-state index in [-0.39, 0.29) is 11.9 Å². The summed E-state index contributed by atoms with van der Waals surface area (Å²) in [5, 5.41) is 7.40. The lowest BCUT2D eigenvalue weighted by Gasteiger charge is -2.10. The molecular weight excluding hydrogens is 258 g/mol. The molecule has 2 aromatic rings. The van der Waals surface area contributed by atoms with Crippen LogP contribution in [0.4, 0.5) is 0 Å². The van der Waals surface area contributed by atoms with E-state index in [2.05, 4.69) is 27.8 Å². The molecule has 0 spiro atoms. The Labute approximate surface area is 116 Å². The van der Waals surface area contributed by atoms with Gasteiger partial charge in [0.1, 0.15) is 0 Å². The highest BCUT2D eigenvalue weighted by Gasteiger charge is 2.22. The summed E-state index contributed by atoms with van der Waals surface area (Å²) in [5.41, 5.74) is 3.42. The third-order valence-electron chi connectivity index (χ3n) is 3.50. The SMILES string of the molecule is Cc1[nH]c2ccccc2c1CNC(=O)C1CSCN1. The minimum Gasteiger partial charge on any atom is -0.358 e. The normalized spacial score (nSPS) is 18.9. The maximum absolute atomic E-state index is 12.0. The van der Waals surface area contributed by atoms with Crippen LogP contribution < -0.4 is 10.6 Å². The number of benzene rings is 1. The zero-order valence-electron chi connectivity index (χ0n) is 10.8. The van der Waals surface area contributed by atoms with E-state index < -0.39 is 0 Å². The number of thioether (sulfide) groups is 1. The van der Waals surface area contributed by atoms with Crippen molar-refractivity contribution < 1.29 is 4.79 Å². The molecule has 0 radical (unpaired) electrons. The fraction of sp³-hybridized carbons (Fsp3) is 0.357. The van der Waals surface area contributed by atoms with Crippen molar-refractivity contribution in [1.82, 2.24) is 15.6 Å². The molecule has 3 rings (SSSR count). The lowest BCUT2D eigenvalue weighted by molar-refractivity contribution is -0.122. The molecule has 0 saturated carbocycles. The number of aryl methyl sites for hydroxylation is 1. The Morgan fingerprint density at radius 3 is 3.11 bits per heavy atom. The van der Waals surface area contributed by atoms with Crippen LogP contribution in [0.1, 0.15) is 11.3 Å². The molecule has 0 bridgehead atoms. The fourth-order valence-electron chi connectivity index (χ4n) is 2.42. The van der Waals surface area contributed by atoms with Crippen molar-refractivity contribution in [3.05, 3.63) is 35.5 Å². The minimum atomic E-state index is -0.0458. The average molecular weight is 275 g/mol. The van der Waals surface area contributed by atoms with Gasteiger partial charge in [-0.1, -0.05) is 18.2 Å². The molecule has 1 aliphatic rings. The first-order valence-electron chi connectivity index (χ1n) is 6.41. The molecule has 1 atom stereocenters. The summed E-state index contributed by atoms with van der Waals surface area (Å²) in [4.78, 5) is 15.3. The first-order valence-corrected chi connectivity index (χ1v) is 7.56. The molecule has 4 nitrogen and oxygen atoms in total. The van der Waals surface area contributed by atoms with E-state index in [9.17, 15) is 4.79 Å². The van der Waals surface area contributed by atoms with Gasteiger partial charge in [-0.15, -0.1) is 11.8 Å². The number of amides is 1. The van der Waals surface area contributed by atoms with E-state index in [0.717, 1.165) is 22.8 Å². The largest absolute Gasteiger partial charge is 0.358 e. The number of para-hydroxylation sites is 1. The maximum atomic E-state index is 12.0. The first-order chi connectivity index (χ1) is 9.25. The number of rotatable bonds is 3. The number of hydrogen-bond donors (Lipinski definition) is 3. The van der Waals surface area contributed by atoms with Crippen molar-refractivity contribution in [2.45, 2.75) is 19.5 Å². The van der Waals surface area contributed by atoms with Gasteiger partial charge in [-0.2, -0.15) is 0 Å². The van der Waals surface area contributed by atoms with E-state index in [1.54, 1.807) is 11.8 Å². The van der Waals surface area contributed by atoms with Crippen molar-refractivity contribution >= 4 is 28.6 Å². The van der Waals surface area contributed by atoms with Crippen molar-refractivity contribution in [1.29, 1.82) is 0 Å². The van der Waals surface area contributed by atoms with E-state index in [4.69, 9.17) is 0 Å². The molecule has 1 saturated heterocycles. The summed E-state index contributed by atoms with van der Waals surface area (Å²) >= 11 is 1.76. The van der Waals surface area contributed by atoms with Crippen LogP contribution in [0.5, 0.6) is 0 Å². The molecule has 1 amide bonds. The Balaban J connectivity index is 1.74. The summed E-state index contributed by atoms with van der Waals surface area (Å²) in [6.07, 6.45) is 0. The van der Waals surface area contributed by atoms with Crippen molar-refractivity contribution in [3.63, 3.8) is 0 Å². The molecule has 2 heterocycles. The van der Waals surface area contributed by atoms with Crippen LogP contribution in [0.25, 0.3) is 10.9 Å². The van der Waals surface area contributed by atoms with Crippen molar-refractivity contribution in [2.24, 2.45) is 0 Å². The second-order valence-corrected chi connectivity index (χ2v) is 5.79. The van der Waals surface area contributed by atoms with Crippen LogP contribution in [0.15, 0.2) is 24.3 Å². The molecule has 0 aliphatic carbocycles. The second-order valence-electron chi connectivity index (χ2n) is 4.76. The summed E-state index contributed by atoms with van der Waals surface area (Å²) in [6.45, 7) is 2.63. The minimum absolute atomic E-state index is 0.0458. The van der Waals surface area contributed by atoms with Gasteiger partial charge in [-0.05, 0) is 18.6 Å². The highest BCUT2D eigenvalue weighted by Crippen LogP contribution is 2.21. The topological polar surface area (TPSA) is 56.9 Å². The second kappa shape index (κ2) is 5.27. The number of nitrogens with one attached hydrogen (secondary N) is 3. The molecule has 5 heteroatoms. The highest BCUT2D eigenvalue weighted by atomic mass is 32.2. The van der Waals surface area contributed by atoms with Gasteiger partial charge in [-0.25, -0.2) is 0 Å². The van der Waals surface area contributed by atoms with Crippen LogP contribution >= 0.6 is 11.8 Å². The van der Waals surface area contributed by atoms with Gasteiger partial charge in [-0.3, -0.25) is 10.1 Å². The summed E-state index contributed by atoms with van der Waals surface area (Å²) in [5.74, 6) is 1.82. The van der Waals surface area contributed by atoms with E-state index >= 15 is 0 Å². The lowest BCUT2D eigenvalue weighted by atomic mass is 10.1. The number of aromatic amines is 1. The maximum Gasteiger partial charge on any atom is 0.238 e. The molecule has 1 aromatic carbocycles. The Morgan fingerprint density at radius 1 is 1.47 bits per heavy atom. The molecular formula is C14H17N3OS. The number of H-pyrrole nitrogens is 1. The number of carbonyl (C=O) groups excluding carboxylic acids is 1. The smallest absolute Gasteiger partial charge is 0.238 e. The molecule has 1 fully saturated rings. The lowest BCUT2D eigenvalue weighted by Crippen LogP contribution is -2.41. The average Bonchev–Trinajstić information content (AvgIpc) is 3.03. The standard InChI is InChI=1S/C14H17N3OS/c1-9-11(10-4-2-3-5-12(10)17-9)6-15-14(18)13-7-19-8-16-13/h2-5,13,16-17H,6-8H2,1H3,(H,15,18). The zero-order chi connectivity index (χ0) is 13.2. The molecule has 1 unspecified atom stereocenters. The van der Waals surface area contributed by atoms with E-state index in [0.29, 0.717) is 6.54 Å². The van der Waals surface area contributed by atoms with Crippen molar-refractivity contribution in [3.8, 4) is 0 Å². The predicted octanol–water partition coefficient (Wildman–Crippen LogP) is 1.76. The summed E-state index contributed by atoms with van der Waals surface area (Å²) in [6, 6.07) is 8.14. The number of aromatic nitrogens is 1. The molecule has 1 aromatic heterocycles. The fourth-order valence-corrected chi connectivity index (χ4v) is 3.37. The van der Waals surface area contributed by atoms with Crippen LogP contribution in [0, 0.1) is 6.92 Å². The first kappa shape index (κ1) is 12.6. The Bertz CT molecular complexity index is 602. The van der Waals surface area contributed by atoms with Gasteiger partial charge >= 0.3 is 0 Å². The van der Waals surface area contributed by atoms with Crippen LogP contribution in [0.3, 0.4) is 0 Å². The highest BCUT2D eigenvalue weighted by molar-refractivity contribution is 7.99. The molecule has 100 valence electrons. The summed E-state index contributed by atoms with van der Waals surface area (Å²) < 4.78 is 0. The van der Waals surface area contributed by atoms with Gasteiger partial charge < -0.3 is 10.3 Å². The quantitative estimate of drug-likeness (QED) is 0.800. The van der Waals surface area contributed by atoms with Gasteiger partial charge in [0, 0.05) is 34.8 Å². The van der Waals surface area contributed by atoms with Crippen LogP contribution in [0.2, 0.25) is 0 Å². The Hall–Kier alpha value is -1.46. The van der Waals surface area contributed by atoms with Gasteiger partial charge in [0.2, 0.25) is 5.91 Å². The number of carbonyl (C=O) groups is 1. The van der Waals surface area contributed by atoms with Gasteiger partial charge in [0.15, 0.2) is 0 Å². The van der Waals surface area contributed by atoms with Crippen molar-refractivity contribution in [2.75, 3.05) is 11.6 Å². The Kier molecular flexibility index (Phi) is 3.48. The van der Waals surface area contributed by atoms with Gasteiger partial charge in [0.05, 0.1) is 6.04 Å². The molecule has 1 aliphatic heterocycles. The number of fused-ring (bicyclic) bond motifs is 1. The van der Waals surface area contributed by atoms with Crippen LogP contribution in [-0.4, -0.2) is 28.6 Å². The Morgan fingerprint density at radius 2 is 2.32 bits per heavy atom.